The Morgan fingerprint density at radius 2 is 2.00 bits per heavy atom. The minimum atomic E-state index is -0.679. The first-order valence-corrected chi connectivity index (χ1v) is 5.51. The van der Waals surface area contributed by atoms with Crippen LogP contribution < -0.4 is 5.32 Å². The summed E-state index contributed by atoms with van der Waals surface area (Å²) in [7, 11) is 3.82. The predicted molar refractivity (Wildman–Crippen MR) is 65.2 cm³/mol. The normalized spacial score (nSPS) is 11.4. The summed E-state index contributed by atoms with van der Waals surface area (Å²) in [6.07, 6.45) is 0.270. The second-order valence-corrected chi connectivity index (χ2v) is 3.80. The molecule has 96 valence electrons. The molecule has 1 amide bonds. The first-order valence-electron chi connectivity index (χ1n) is 5.51. The number of carbonyl (C=O) groups excluding carboxylic acids is 2. The Bertz CT molecular complexity index is 315. The molecule has 0 unspecified atom stereocenters. The Hall–Kier alpha value is -1.54. The van der Waals surface area contributed by atoms with E-state index in [9.17, 15) is 9.59 Å². The largest absolute Gasteiger partial charge is 0.464 e. The Balaban J connectivity index is 4.31. The van der Waals surface area contributed by atoms with Crippen LogP contribution in [0.15, 0.2) is 0 Å². The van der Waals surface area contributed by atoms with Crippen molar-refractivity contribution in [2.75, 3.05) is 27.2 Å². The van der Waals surface area contributed by atoms with E-state index in [1.807, 2.05) is 19.0 Å². The van der Waals surface area contributed by atoms with E-state index in [1.165, 1.54) is 6.92 Å². The molecule has 17 heavy (non-hydrogen) atoms. The van der Waals surface area contributed by atoms with Gasteiger partial charge in [0.05, 0.1) is 13.2 Å². The zero-order valence-electron chi connectivity index (χ0n) is 10.9. The van der Waals surface area contributed by atoms with Crippen molar-refractivity contribution < 1.29 is 14.3 Å². The third kappa shape index (κ3) is 8.29. The molecule has 0 saturated heterocycles. The van der Waals surface area contributed by atoms with Gasteiger partial charge in [-0.3, -0.25) is 9.69 Å². The van der Waals surface area contributed by atoms with Crippen LogP contribution in [-0.2, 0) is 14.3 Å². The molecule has 0 aromatic carbocycles. The SMILES string of the molecule is CCOC(=O)[C@H](CC#CCN(C)C)NC(C)=O. The molecule has 0 rings (SSSR count). The van der Waals surface area contributed by atoms with Gasteiger partial charge in [-0.1, -0.05) is 11.8 Å². The van der Waals surface area contributed by atoms with Crippen LogP contribution in [0.2, 0.25) is 0 Å². The molecule has 0 aliphatic rings. The zero-order valence-corrected chi connectivity index (χ0v) is 10.9. The summed E-state index contributed by atoms with van der Waals surface area (Å²) in [6.45, 7) is 4.00. The van der Waals surface area contributed by atoms with Crippen LogP contribution in [0.1, 0.15) is 20.3 Å². The zero-order chi connectivity index (χ0) is 13.3. The molecule has 0 aromatic rings. The number of hydrogen-bond donors (Lipinski definition) is 1. The van der Waals surface area contributed by atoms with Gasteiger partial charge in [-0.25, -0.2) is 4.79 Å². The molecule has 1 atom stereocenters. The summed E-state index contributed by atoms with van der Waals surface area (Å²) < 4.78 is 4.85. The van der Waals surface area contributed by atoms with Gasteiger partial charge in [0.2, 0.25) is 5.91 Å². The highest BCUT2D eigenvalue weighted by Gasteiger charge is 2.19. The Kier molecular flexibility index (Phi) is 7.82. The van der Waals surface area contributed by atoms with Crippen LogP contribution in [-0.4, -0.2) is 50.1 Å². The quantitative estimate of drug-likeness (QED) is 0.543. The van der Waals surface area contributed by atoms with E-state index in [2.05, 4.69) is 17.2 Å². The van der Waals surface area contributed by atoms with E-state index in [4.69, 9.17) is 4.74 Å². The van der Waals surface area contributed by atoms with Gasteiger partial charge in [0.15, 0.2) is 0 Å². The lowest BCUT2D eigenvalue weighted by molar-refractivity contribution is -0.147. The summed E-state index contributed by atoms with van der Waals surface area (Å²) in [5.41, 5.74) is 0. The van der Waals surface area contributed by atoms with Crippen LogP contribution in [0.25, 0.3) is 0 Å². The molecule has 1 N–H and O–H groups in total. The van der Waals surface area contributed by atoms with Crippen molar-refractivity contribution >= 4 is 11.9 Å². The number of amides is 1. The second kappa shape index (κ2) is 8.59. The maximum absolute atomic E-state index is 11.5. The van der Waals surface area contributed by atoms with E-state index < -0.39 is 12.0 Å². The number of rotatable bonds is 5. The van der Waals surface area contributed by atoms with E-state index in [0.717, 1.165) is 0 Å². The average Bonchev–Trinajstić information content (AvgIpc) is 2.22. The Morgan fingerprint density at radius 3 is 2.47 bits per heavy atom. The first-order chi connectivity index (χ1) is 7.97. The maximum atomic E-state index is 11.5. The lowest BCUT2D eigenvalue weighted by atomic mass is 10.2. The van der Waals surface area contributed by atoms with Gasteiger partial charge >= 0.3 is 5.97 Å². The highest BCUT2D eigenvalue weighted by Crippen LogP contribution is 1.95. The molecule has 0 spiro atoms. The third-order valence-electron chi connectivity index (χ3n) is 1.78. The van der Waals surface area contributed by atoms with Gasteiger partial charge in [-0.2, -0.15) is 0 Å². The molecule has 0 heterocycles. The average molecular weight is 240 g/mol. The number of esters is 1. The summed E-state index contributed by atoms with van der Waals surface area (Å²) in [5.74, 6) is 5.05. The van der Waals surface area contributed by atoms with Crippen molar-refractivity contribution in [2.45, 2.75) is 26.3 Å². The number of ether oxygens (including phenoxy) is 1. The molecule has 0 aromatic heterocycles. The van der Waals surface area contributed by atoms with E-state index >= 15 is 0 Å². The van der Waals surface area contributed by atoms with Gasteiger partial charge in [0.25, 0.3) is 0 Å². The standard InChI is InChI=1S/C12H20N2O3/c1-5-17-12(16)11(13-10(2)15)8-6-7-9-14(3)4/h11H,5,8-9H2,1-4H3,(H,13,15)/t11-/m0/s1. The van der Waals surface area contributed by atoms with Gasteiger partial charge in [-0.05, 0) is 21.0 Å². The summed E-state index contributed by atoms with van der Waals surface area (Å²) in [5, 5.41) is 2.52. The van der Waals surface area contributed by atoms with Crippen LogP contribution in [0, 0.1) is 11.8 Å². The van der Waals surface area contributed by atoms with Crippen molar-refractivity contribution in [3.63, 3.8) is 0 Å². The molecule has 0 radical (unpaired) electrons. The molecule has 5 nitrogen and oxygen atoms in total. The number of hydrogen-bond acceptors (Lipinski definition) is 4. The lowest BCUT2D eigenvalue weighted by Gasteiger charge is -2.13. The molecule has 0 bridgehead atoms. The number of nitrogens with one attached hydrogen (secondary N) is 1. The fourth-order valence-corrected chi connectivity index (χ4v) is 1.07. The van der Waals surface area contributed by atoms with E-state index in [-0.39, 0.29) is 12.3 Å². The van der Waals surface area contributed by atoms with Crippen LogP contribution >= 0.6 is 0 Å². The minimum Gasteiger partial charge on any atom is -0.464 e. The fourth-order valence-electron chi connectivity index (χ4n) is 1.07. The molecule has 0 aliphatic heterocycles. The molecule has 0 saturated carbocycles. The Morgan fingerprint density at radius 1 is 1.35 bits per heavy atom. The van der Waals surface area contributed by atoms with Crippen molar-refractivity contribution in [3.05, 3.63) is 0 Å². The van der Waals surface area contributed by atoms with Crippen molar-refractivity contribution in [1.29, 1.82) is 0 Å². The first kappa shape index (κ1) is 15.5. The topological polar surface area (TPSA) is 58.6 Å². The molecule has 5 heteroatoms. The van der Waals surface area contributed by atoms with E-state index in [0.29, 0.717) is 13.2 Å². The molecular formula is C12H20N2O3. The van der Waals surface area contributed by atoms with E-state index in [1.54, 1.807) is 6.92 Å². The van der Waals surface area contributed by atoms with Crippen molar-refractivity contribution in [3.8, 4) is 11.8 Å². The van der Waals surface area contributed by atoms with Crippen LogP contribution in [0.3, 0.4) is 0 Å². The van der Waals surface area contributed by atoms with Crippen LogP contribution in [0.5, 0.6) is 0 Å². The number of carbonyl (C=O) groups is 2. The van der Waals surface area contributed by atoms with Crippen molar-refractivity contribution in [2.24, 2.45) is 0 Å². The molecule has 0 fully saturated rings. The van der Waals surface area contributed by atoms with Crippen molar-refractivity contribution in [1.82, 2.24) is 10.2 Å². The highest BCUT2D eigenvalue weighted by molar-refractivity contribution is 5.83. The molecular weight excluding hydrogens is 220 g/mol. The molecule has 0 aliphatic carbocycles. The third-order valence-corrected chi connectivity index (χ3v) is 1.78. The Labute approximate surface area is 102 Å². The van der Waals surface area contributed by atoms with Gasteiger partial charge < -0.3 is 10.1 Å². The van der Waals surface area contributed by atoms with Gasteiger partial charge in [-0.15, -0.1) is 0 Å². The maximum Gasteiger partial charge on any atom is 0.329 e. The minimum absolute atomic E-state index is 0.266. The smallest absolute Gasteiger partial charge is 0.329 e. The summed E-state index contributed by atoms with van der Waals surface area (Å²) >= 11 is 0. The van der Waals surface area contributed by atoms with Gasteiger partial charge in [0, 0.05) is 13.3 Å². The monoisotopic (exact) mass is 240 g/mol. The predicted octanol–water partition coefficient (Wildman–Crippen LogP) is 0.00930. The van der Waals surface area contributed by atoms with Crippen LogP contribution in [0.4, 0.5) is 0 Å². The second-order valence-electron chi connectivity index (χ2n) is 3.80. The summed E-state index contributed by atoms with van der Waals surface area (Å²) in [4.78, 5) is 24.3. The number of nitrogens with zero attached hydrogens (tertiary/aromatic N) is 1. The fraction of sp³-hybridized carbons (Fsp3) is 0.667. The van der Waals surface area contributed by atoms with Gasteiger partial charge in [0.1, 0.15) is 6.04 Å². The highest BCUT2D eigenvalue weighted by atomic mass is 16.5. The lowest BCUT2D eigenvalue weighted by Crippen LogP contribution is -2.40. The summed E-state index contributed by atoms with van der Waals surface area (Å²) in [6, 6.07) is -0.679.